The first-order valence-electron chi connectivity index (χ1n) is 8.42. The maximum absolute atomic E-state index is 12.4. The third-order valence-corrected chi connectivity index (χ3v) is 4.67. The van der Waals surface area contributed by atoms with Gasteiger partial charge in [0, 0.05) is 20.1 Å². The number of hydrogen-bond acceptors (Lipinski definition) is 4. The molecule has 3 amide bonds. The van der Waals surface area contributed by atoms with Crippen molar-refractivity contribution in [2.75, 3.05) is 33.4 Å². The molecular formula is C16H26N4O3. The summed E-state index contributed by atoms with van der Waals surface area (Å²) >= 11 is 0. The number of nitrogens with zero attached hydrogens (tertiary/aromatic N) is 3. The van der Waals surface area contributed by atoms with Gasteiger partial charge in [-0.3, -0.25) is 9.69 Å². The number of likely N-dealkylation sites (N-methyl/N-ethyl adjacent to an activating group) is 1. The number of amides is 3. The Bertz CT molecular complexity index is 451. The van der Waals surface area contributed by atoms with E-state index in [0.29, 0.717) is 38.6 Å². The number of morpholine rings is 1. The number of carbonyl (C=O) groups excluding carboxylic acids is 2. The second-order valence-electron chi connectivity index (χ2n) is 6.34. The van der Waals surface area contributed by atoms with E-state index in [-0.39, 0.29) is 11.9 Å². The number of ether oxygens (including phenoxy) is 1. The van der Waals surface area contributed by atoms with Crippen LogP contribution >= 0.6 is 0 Å². The third kappa shape index (κ3) is 5.10. The van der Waals surface area contributed by atoms with Gasteiger partial charge in [-0.25, -0.2) is 4.79 Å². The molecule has 7 nitrogen and oxygen atoms in total. The maximum Gasteiger partial charge on any atom is 0.318 e. The molecular weight excluding hydrogens is 296 g/mol. The predicted octanol–water partition coefficient (Wildman–Crippen LogP) is 1.31. The summed E-state index contributed by atoms with van der Waals surface area (Å²) in [4.78, 5) is 27.5. The highest BCUT2D eigenvalue weighted by molar-refractivity contribution is 5.87. The Morgan fingerprint density at radius 1 is 1.30 bits per heavy atom. The lowest BCUT2D eigenvalue weighted by Crippen LogP contribution is -2.53. The van der Waals surface area contributed by atoms with Crippen LogP contribution in [0.3, 0.4) is 0 Å². The molecule has 0 spiro atoms. The number of rotatable bonds is 4. The van der Waals surface area contributed by atoms with Crippen LogP contribution in [-0.4, -0.2) is 61.1 Å². The molecule has 1 unspecified atom stereocenters. The van der Waals surface area contributed by atoms with E-state index in [4.69, 9.17) is 10.00 Å². The number of nitrogens with one attached hydrogen (secondary N) is 1. The van der Waals surface area contributed by atoms with Gasteiger partial charge in [-0.15, -0.1) is 0 Å². The predicted molar refractivity (Wildman–Crippen MR) is 84.3 cm³/mol. The molecule has 1 heterocycles. The number of nitriles is 1. The normalized spacial score (nSPS) is 20.4. The second-order valence-corrected chi connectivity index (χ2v) is 6.34. The number of carbonyl (C=O) groups is 2. The zero-order valence-corrected chi connectivity index (χ0v) is 13.8. The molecule has 2 fully saturated rings. The minimum atomic E-state index is -0.627. The van der Waals surface area contributed by atoms with E-state index in [1.54, 1.807) is 4.90 Å². The summed E-state index contributed by atoms with van der Waals surface area (Å²) < 4.78 is 5.24. The van der Waals surface area contributed by atoms with Gasteiger partial charge in [-0.2, -0.15) is 5.26 Å². The Labute approximate surface area is 137 Å². The molecule has 1 atom stereocenters. The standard InChI is InChI=1S/C16H26N4O3/c1-19(12-17)15(21)14(11-13-5-3-2-4-6-13)18-16(22)20-7-9-23-10-8-20/h13-14H,2-11H2,1H3,(H,18,22). The van der Waals surface area contributed by atoms with Crippen LogP contribution in [0.1, 0.15) is 38.5 Å². The van der Waals surface area contributed by atoms with Gasteiger partial charge in [0.15, 0.2) is 6.19 Å². The van der Waals surface area contributed by atoms with Crippen LogP contribution in [0.15, 0.2) is 0 Å². The SMILES string of the molecule is CN(C#N)C(=O)C(CC1CCCCC1)NC(=O)N1CCOCC1. The molecule has 2 aliphatic rings. The van der Waals surface area contributed by atoms with Crippen LogP contribution in [0.25, 0.3) is 0 Å². The van der Waals surface area contributed by atoms with Crippen LogP contribution < -0.4 is 5.32 Å². The van der Waals surface area contributed by atoms with Crippen molar-refractivity contribution in [3.05, 3.63) is 0 Å². The lowest BCUT2D eigenvalue weighted by Gasteiger charge is -2.31. The van der Waals surface area contributed by atoms with Crippen LogP contribution in [0.2, 0.25) is 0 Å². The summed E-state index contributed by atoms with van der Waals surface area (Å²) in [5.41, 5.74) is 0. The molecule has 1 N–H and O–H groups in total. The fourth-order valence-electron chi connectivity index (χ4n) is 3.27. The maximum atomic E-state index is 12.4. The van der Waals surface area contributed by atoms with Gasteiger partial charge < -0.3 is 15.0 Å². The highest BCUT2D eigenvalue weighted by atomic mass is 16.5. The minimum Gasteiger partial charge on any atom is -0.378 e. The van der Waals surface area contributed by atoms with Gasteiger partial charge in [0.05, 0.1) is 13.2 Å². The third-order valence-electron chi connectivity index (χ3n) is 4.67. The van der Waals surface area contributed by atoms with Gasteiger partial charge in [0.2, 0.25) is 0 Å². The lowest BCUT2D eigenvalue weighted by atomic mass is 9.84. The summed E-state index contributed by atoms with van der Waals surface area (Å²) in [5.74, 6) is 0.106. The smallest absolute Gasteiger partial charge is 0.318 e. The van der Waals surface area contributed by atoms with Crippen molar-refractivity contribution in [1.29, 1.82) is 5.26 Å². The molecule has 0 aromatic heterocycles. The molecule has 0 aromatic carbocycles. The van der Waals surface area contributed by atoms with Crippen molar-refractivity contribution >= 4 is 11.9 Å². The minimum absolute atomic E-state index is 0.242. The van der Waals surface area contributed by atoms with Crippen molar-refractivity contribution in [2.45, 2.75) is 44.6 Å². The van der Waals surface area contributed by atoms with Crippen LogP contribution in [0, 0.1) is 17.4 Å². The number of hydrogen-bond donors (Lipinski definition) is 1. The van der Waals surface area contributed by atoms with Crippen LogP contribution in [-0.2, 0) is 9.53 Å². The van der Waals surface area contributed by atoms with Crippen molar-refractivity contribution in [3.8, 4) is 6.19 Å². The Hall–Kier alpha value is -1.81. The summed E-state index contributed by atoms with van der Waals surface area (Å²) in [6.45, 7) is 2.11. The van der Waals surface area contributed by atoms with E-state index in [1.807, 2.05) is 6.19 Å². The van der Waals surface area contributed by atoms with Crippen molar-refractivity contribution in [1.82, 2.24) is 15.1 Å². The zero-order chi connectivity index (χ0) is 16.7. The molecule has 1 aliphatic carbocycles. The van der Waals surface area contributed by atoms with E-state index in [2.05, 4.69) is 5.32 Å². The first-order valence-corrected chi connectivity index (χ1v) is 8.42. The van der Waals surface area contributed by atoms with Gasteiger partial charge in [-0.05, 0) is 12.3 Å². The second kappa shape index (κ2) is 8.73. The first-order chi connectivity index (χ1) is 11.1. The molecule has 0 radical (unpaired) electrons. The largest absolute Gasteiger partial charge is 0.378 e. The summed E-state index contributed by atoms with van der Waals surface area (Å²) in [6.07, 6.45) is 8.23. The molecule has 1 saturated carbocycles. The van der Waals surface area contributed by atoms with E-state index in [9.17, 15) is 9.59 Å². The highest BCUT2D eigenvalue weighted by Gasteiger charge is 2.30. The van der Waals surface area contributed by atoms with E-state index in [1.165, 1.54) is 26.3 Å². The Balaban J connectivity index is 1.98. The van der Waals surface area contributed by atoms with Crippen molar-refractivity contribution in [3.63, 3.8) is 0 Å². The van der Waals surface area contributed by atoms with Gasteiger partial charge in [0.1, 0.15) is 6.04 Å². The molecule has 2 rings (SSSR count). The van der Waals surface area contributed by atoms with Crippen LogP contribution in [0.4, 0.5) is 4.79 Å². The molecule has 0 aromatic rings. The van der Waals surface area contributed by atoms with E-state index in [0.717, 1.165) is 17.7 Å². The highest BCUT2D eigenvalue weighted by Crippen LogP contribution is 2.27. The fourth-order valence-corrected chi connectivity index (χ4v) is 3.27. The van der Waals surface area contributed by atoms with Crippen molar-refractivity contribution < 1.29 is 14.3 Å². The van der Waals surface area contributed by atoms with Gasteiger partial charge >= 0.3 is 6.03 Å². The summed E-state index contributed by atoms with van der Waals surface area (Å²) in [5, 5.41) is 11.8. The molecule has 1 saturated heterocycles. The lowest BCUT2D eigenvalue weighted by molar-refractivity contribution is -0.129. The average Bonchev–Trinajstić information content (AvgIpc) is 2.61. The monoisotopic (exact) mass is 322 g/mol. The topological polar surface area (TPSA) is 85.7 Å². The molecule has 0 bridgehead atoms. The molecule has 128 valence electrons. The molecule has 1 aliphatic heterocycles. The Kier molecular flexibility index (Phi) is 6.66. The Morgan fingerprint density at radius 2 is 1.96 bits per heavy atom. The van der Waals surface area contributed by atoms with Gasteiger partial charge in [0.25, 0.3) is 5.91 Å². The van der Waals surface area contributed by atoms with E-state index >= 15 is 0 Å². The number of urea groups is 1. The zero-order valence-electron chi connectivity index (χ0n) is 13.8. The molecule has 23 heavy (non-hydrogen) atoms. The molecule has 7 heteroatoms. The van der Waals surface area contributed by atoms with Gasteiger partial charge in [-0.1, -0.05) is 32.1 Å². The summed E-state index contributed by atoms with van der Waals surface area (Å²) in [6, 6.07) is -0.869. The quantitative estimate of drug-likeness (QED) is 0.624. The van der Waals surface area contributed by atoms with Crippen molar-refractivity contribution in [2.24, 2.45) is 5.92 Å². The first kappa shape index (κ1) is 17.5. The summed E-state index contributed by atoms with van der Waals surface area (Å²) in [7, 11) is 1.44. The average molecular weight is 322 g/mol. The van der Waals surface area contributed by atoms with Crippen LogP contribution in [0.5, 0.6) is 0 Å². The Morgan fingerprint density at radius 3 is 2.57 bits per heavy atom. The van der Waals surface area contributed by atoms with E-state index < -0.39 is 6.04 Å². The fraction of sp³-hybridized carbons (Fsp3) is 0.812.